The van der Waals surface area contributed by atoms with Crippen molar-refractivity contribution in [3.05, 3.63) is 59.2 Å². The highest BCUT2D eigenvalue weighted by Crippen LogP contribution is 2.31. The Morgan fingerprint density at radius 1 is 1.23 bits per heavy atom. The van der Waals surface area contributed by atoms with Gasteiger partial charge in [-0.1, -0.05) is 18.3 Å². The third kappa shape index (κ3) is 4.25. The van der Waals surface area contributed by atoms with Gasteiger partial charge < -0.3 is 4.42 Å². The molecule has 0 fully saturated rings. The Bertz CT molecular complexity index is 919. The maximum atomic E-state index is 13.6. The van der Waals surface area contributed by atoms with Gasteiger partial charge in [-0.3, -0.25) is 10.1 Å². The van der Waals surface area contributed by atoms with Crippen LogP contribution in [0.5, 0.6) is 0 Å². The van der Waals surface area contributed by atoms with E-state index in [0.29, 0.717) is 23.8 Å². The molecule has 0 radical (unpaired) electrons. The molecule has 0 atom stereocenters. The summed E-state index contributed by atoms with van der Waals surface area (Å²) in [5.41, 5.74) is -0.859. The summed E-state index contributed by atoms with van der Waals surface area (Å²) < 4.78 is 46.4. The highest BCUT2D eigenvalue weighted by atomic mass is 32.2. The van der Waals surface area contributed by atoms with Gasteiger partial charge in [-0.25, -0.2) is 23.1 Å². The number of carbonyl (C=O) groups excluding carboxylic acids is 1. The first-order valence-electron chi connectivity index (χ1n) is 7.44. The number of thiazole rings is 1. The van der Waals surface area contributed by atoms with E-state index < -0.39 is 28.9 Å². The average Bonchev–Trinajstić information content (AvgIpc) is 3.20. The quantitative estimate of drug-likeness (QED) is 0.611. The van der Waals surface area contributed by atoms with Gasteiger partial charge in [0.05, 0.1) is 22.4 Å². The molecule has 136 valence electrons. The summed E-state index contributed by atoms with van der Waals surface area (Å²) in [5.74, 6) is -2.84. The summed E-state index contributed by atoms with van der Waals surface area (Å²) in [6.07, 6.45) is 3.94. The van der Waals surface area contributed by atoms with Crippen molar-refractivity contribution in [3.63, 3.8) is 0 Å². The Kier molecular flexibility index (Phi) is 5.62. The maximum absolute atomic E-state index is 13.6. The second kappa shape index (κ2) is 7.92. The van der Waals surface area contributed by atoms with Gasteiger partial charge in [-0.2, -0.15) is 0 Å². The van der Waals surface area contributed by atoms with Gasteiger partial charge in [0, 0.05) is 18.6 Å². The molecule has 1 aromatic carbocycles. The van der Waals surface area contributed by atoms with Gasteiger partial charge in [0.2, 0.25) is 5.89 Å². The van der Waals surface area contributed by atoms with E-state index in [4.69, 9.17) is 4.42 Å². The second-order valence-corrected chi connectivity index (χ2v) is 7.35. The smallest absolute Gasteiger partial charge is 0.263 e. The fourth-order valence-corrected chi connectivity index (χ4v) is 3.73. The van der Waals surface area contributed by atoms with Crippen LogP contribution in [0.15, 0.2) is 33.2 Å². The van der Waals surface area contributed by atoms with Crippen LogP contribution in [0.4, 0.5) is 18.3 Å². The van der Waals surface area contributed by atoms with Crippen LogP contribution in [-0.4, -0.2) is 15.9 Å². The highest BCUT2D eigenvalue weighted by molar-refractivity contribution is 8.00. The van der Waals surface area contributed by atoms with E-state index in [9.17, 15) is 18.0 Å². The molecule has 3 rings (SSSR count). The van der Waals surface area contributed by atoms with Crippen molar-refractivity contribution in [1.29, 1.82) is 0 Å². The third-order valence-electron chi connectivity index (χ3n) is 3.23. The van der Waals surface area contributed by atoms with Crippen molar-refractivity contribution in [2.24, 2.45) is 0 Å². The third-order valence-corrected chi connectivity index (χ3v) is 5.32. The Morgan fingerprint density at radius 3 is 2.62 bits per heavy atom. The van der Waals surface area contributed by atoms with E-state index in [2.05, 4.69) is 15.3 Å². The number of amides is 1. The molecule has 26 heavy (non-hydrogen) atoms. The lowest BCUT2D eigenvalue weighted by atomic mass is 10.2. The van der Waals surface area contributed by atoms with Crippen LogP contribution < -0.4 is 5.32 Å². The van der Waals surface area contributed by atoms with Crippen LogP contribution in [0.1, 0.15) is 28.9 Å². The average molecular weight is 399 g/mol. The lowest BCUT2D eigenvalue weighted by Crippen LogP contribution is -2.16. The molecule has 0 aliphatic carbocycles. The normalized spacial score (nSPS) is 10.9. The lowest BCUT2D eigenvalue weighted by molar-refractivity contribution is 0.101. The lowest BCUT2D eigenvalue weighted by Gasteiger charge is -2.04. The number of thioether (sulfide) groups is 1. The molecule has 3 aromatic rings. The summed E-state index contributed by atoms with van der Waals surface area (Å²) in [7, 11) is 0. The van der Waals surface area contributed by atoms with Crippen LogP contribution in [0, 0.1) is 17.5 Å². The molecule has 0 aliphatic rings. The van der Waals surface area contributed by atoms with Gasteiger partial charge in [0.1, 0.15) is 28.8 Å². The van der Waals surface area contributed by atoms with Crippen molar-refractivity contribution < 1.29 is 22.4 Å². The molecule has 5 nitrogen and oxygen atoms in total. The van der Waals surface area contributed by atoms with Gasteiger partial charge in [0.15, 0.2) is 5.13 Å². The zero-order valence-electron chi connectivity index (χ0n) is 13.4. The molecule has 10 heteroatoms. The Morgan fingerprint density at radius 2 is 1.96 bits per heavy atom. The SMILES string of the molecule is CCc1cnc(CSc2cnc(NC(=O)c3c(F)cc(F)cc3F)s2)o1. The standard InChI is InChI=1S/C16H12F3N3O2S2/c1-2-9-5-20-12(24-9)7-25-13-6-21-16(26-13)22-15(23)14-10(18)3-8(17)4-11(14)19/h3-6H,2,7H2,1H3,(H,21,22,23). The molecule has 0 saturated carbocycles. The topological polar surface area (TPSA) is 68.0 Å². The van der Waals surface area contributed by atoms with E-state index >= 15 is 0 Å². The highest BCUT2D eigenvalue weighted by Gasteiger charge is 2.20. The number of aryl methyl sites for hydroxylation is 1. The van der Waals surface area contributed by atoms with Crippen LogP contribution >= 0.6 is 23.1 Å². The number of anilines is 1. The zero-order valence-corrected chi connectivity index (χ0v) is 15.0. The van der Waals surface area contributed by atoms with Gasteiger partial charge in [-0.05, 0) is 0 Å². The predicted molar refractivity (Wildman–Crippen MR) is 91.8 cm³/mol. The van der Waals surface area contributed by atoms with Crippen molar-refractivity contribution in [2.75, 3.05) is 5.32 Å². The zero-order chi connectivity index (χ0) is 18.7. The van der Waals surface area contributed by atoms with Crippen LogP contribution in [0.2, 0.25) is 0 Å². The minimum absolute atomic E-state index is 0.169. The molecule has 0 spiro atoms. The minimum Gasteiger partial charge on any atom is -0.445 e. The molecule has 0 aliphatic heterocycles. The van der Waals surface area contributed by atoms with Crippen molar-refractivity contribution >= 4 is 34.1 Å². The number of nitrogens with zero attached hydrogens (tertiary/aromatic N) is 2. The number of oxazole rings is 1. The summed E-state index contributed by atoms with van der Waals surface area (Å²) in [5, 5.41) is 2.47. The molecule has 0 bridgehead atoms. The van der Waals surface area contributed by atoms with Crippen molar-refractivity contribution in [1.82, 2.24) is 9.97 Å². The molecule has 0 saturated heterocycles. The van der Waals surface area contributed by atoms with Crippen LogP contribution in [0.25, 0.3) is 0 Å². The van der Waals surface area contributed by atoms with E-state index in [0.717, 1.165) is 27.7 Å². The van der Waals surface area contributed by atoms with E-state index in [-0.39, 0.29) is 5.13 Å². The van der Waals surface area contributed by atoms with Crippen molar-refractivity contribution in [2.45, 2.75) is 23.3 Å². The number of hydrogen-bond acceptors (Lipinski definition) is 6. The van der Waals surface area contributed by atoms with Gasteiger partial charge >= 0.3 is 0 Å². The molecule has 0 unspecified atom stereocenters. The maximum Gasteiger partial charge on any atom is 0.263 e. The Hall–Kier alpha value is -2.33. The first-order valence-corrected chi connectivity index (χ1v) is 9.24. The monoisotopic (exact) mass is 399 g/mol. The number of benzene rings is 1. The predicted octanol–water partition coefficient (Wildman–Crippen LogP) is 4.66. The first-order chi connectivity index (χ1) is 12.5. The number of nitrogens with one attached hydrogen (secondary N) is 1. The van der Waals surface area contributed by atoms with E-state index in [1.807, 2.05) is 6.92 Å². The molecule has 2 aromatic heterocycles. The summed E-state index contributed by atoms with van der Waals surface area (Å²) in [4.78, 5) is 20.1. The molecular formula is C16H12F3N3O2S2. The summed E-state index contributed by atoms with van der Waals surface area (Å²) in [6.45, 7) is 1.96. The fraction of sp³-hybridized carbons (Fsp3) is 0.188. The second-order valence-electron chi connectivity index (χ2n) is 5.05. The Labute approximate surface area is 154 Å². The number of carbonyl (C=O) groups is 1. The largest absolute Gasteiger partial charge is 0.445 e. The molecule has 2 heterocycles. The number of hydrogen-bond donors (Lipinski definition) is 1. The minimum atomic E-state index is -1.28. The summed E-state index contributed by atoms with van der Waals surface area (Å²) >= 11 is 2.53. The first kappa shape index (κ1) is 18.5. The van der Waals surface area contributed by atoms with E-state index in [1.54, 1.807) is 6.20 Å². The molecular weight excluding hydrogens is 387 g/mol. The van der Waals surface area contributed by atoms with Crippen molar-refractivity contribution in [3.8, 4) is 0 Å². The van der Waals surface area contributed by atoms with Gasteiger partial charge in [0.25, 0.3) is 5.91 Å². The fourth-order valence-electron chi connectivity index (χ4n) is 2.01. The number of halogens is 3. The molecule has 1 N–H and O–H groups in total. The van der Waals surface area contributed by atoms with E-state index in [1.165, 1.54) is 18.0 Å². The number of rotatable bonds is 6. The molecule has 1 amide bonds. The Balaban J connectivity index is 1.64. The van der Waals surface area contributed by atoms with Crippen LogP contribution in [-0.2, 0) is 12.2 Å². The summed E-state index contributed by atoms with van der Waals surface area (Å²) in [6, 6.07) is 0.893. The van der Waals surface area contributed by atoms with Crippen LogP contribution in [0.3, 0.4) is 0 Å². The number of aromatic nitrogens is 2. The van der Waals surface area contributed by atoms with Gasteiger partial charge in [-0.15, -0.1) is 11.8 Å².